The molecule has 0 heterocycles. The second kappa shape index (κ2) is 19.2. The van der Waals surface area contributed by atoms with E-state index < -0.39 is 60.2 Å². The van der Waals surface area contributed by atoms with E-state index in [2.05, 4.69) is 26.6 Å². The molecule has 13 nitrogen and oxygen atoms in total. The van der Waals surface area contributed by atoms with Crippen molar-refractivity contribution >= 4 is 41.3 Å². The van der Waals surface area contributed by atoms with Gasteiger partial charge in [-0.2, -0.15) is 11.8 Å². The number of hydrogen-bond acceptors (Lipinski definition) is 9. The predicted octanol–water partition coefficient (Wildman–Crippen LogP) is -1.04. The minimum atomic E-state index is -0.993. The summed E-state index contributed by atoms with van der Waals surface area (Å²) >= 11 is 1.47. The van der Waals surface area contributed by atoms with Gasteiger partial charge in [-0.25, -0.2) is 0 Å². The molecule has 0 aliphatic heterocycles. The van der Waals surface area contributed by atoms with Crippen LogP contribution in [-0.2, 0) is 36.8 Å². The van der Waals surface area contributed by atoms with Crippen LogP contribution in [0, 0.1) is 0 Å². The molecular weight excluding hydrogens is 588 g/mol. The van der Waals surface area contributed by atoms with Crippen LogP contribution in [0.4, 0.5) is 0 Å². The standard InChI is InChI=1S/C30H42N6O7S/c1-19(34-28(41)23(31)16-21-8-10-22(38)11-9-21)27(40)33-18-26(39)35-24(12-15-44-2)30(43)36-25(29(42)32-13-14-37)17-20-6-4-3-5-7-20/h3-11,19,23-25,37-38H,12-18,31H2,1-2H3,(H,32,42)(H,33,40)(H,34,41)(H,35,39)(H,36,43)/t19-,23-,24-,25-/m0/s1. The van der Waals surface area contributed by atoms with Gasteiger partial charge in [-0.3, -0.25) is 24.0 Å². The van der Waals surface area contributed by atoms with E-state index >= 15 is 0 Å². The SMILES string of the molecule is CSCC[C@H](NC(=O)CNC(=O)[C@H](C)NC(=O)[C@@H](N)Cc1ccc(O)cc1)C(=O)N[C@@H](Cc1ccccc1)C(=O)NCCO. The molecule has 4 atom stereocenters. The summed E-state index contributed by atoms with van der Waals surface area (Å²) in [5, 5.41) is 31.3. The molecular formula is C30H42N6O7S. The maximum absolute atomic E-state index is 13.2. The monoisotopic (exact) mass is 630 g/mol. The zero-order chi connectivity index (χ0) is 32.5. The Morgan fingerprint density at radius 1 is 0.795 bits per heavy atom. The minimum Gasteiger partial charge on any atom is -0.508 e. The largest absolute Gasteiger partial charge is 0.508 e. The normalized spacial score (nSPS) is 13.5. The Labute approximate surface area is 261 Å². The average Bonchev–Trinajstić information content (AvgIpc) is 3.01. The summed E-state index contributed by atoms with van der Waals surface area (Å²) in [6, 6.07) is 11.5. The van der Waals surface area contributed by atoms with E-state index in [1.807, 2.05) is 36.6 Å². The van der Waals surface area contributed by atoms with E-state index in [-0.39, 0.29) is 38.2 Å². The number of carbonyl (C=O) groups excluding carboxylic acids is 5. The van der Waals surface area contributed by atoms with Crippen molar-refractivity contribution in [1.82, 2.24) is 26.6 Å². The number of amides is 5. The Balaban J connectivity index is 1.93. The van der Waals surface area contributed by atoms with Gasteiger partial charge in [0, 0.05) is 13.0 Å². The zero-order valence-electron chi connectivity index (χ0n) is 24.9. The van der Waals surface area contributed by atoms with Gasteiger partial charge >= 0.3 is 0 Å². The van der Waals surface area contributed by atoms with Crippen molar-refractivity contribution in [2.24, 2.45) is 5.73 Å². The molecule has 0 saturated carbocycles. The van der Waals surface area contributed by atoms with Gasteiger partial charge in [0.05, 0.1) is 19.2 Å². The van der Waals surface area contributed by atoms with Crippen LogP contribution in [0.1, 0.15) is 24.5 Å². The Morgan fingerprint density at radius 3 is 2.09 bits per heavy atom. The number of nitrogens with two attached hydrogens (primary N) is 1. The smallest absolute Gasteiger partial charge is 0.243 e. The summed E-state index contributed by atoms with van der Waals surface area (Å²) in [7, 11) is 0. The highest BCUT2D eigenvalue weighted by molar-refractivity contribution is 7.98. The summed E-state index contributed by atoms with van der Waals surface area (Å²) in [6.07, 6.45) is 2.52. The molecule has 2 rings (SSSR count). The van der Waals surface area contributed by atoms with Crippen LogP contribution in [0.25, 0.3) is 0 Å². The second-order valence-electron chi connectivity index (χ2n) is 10.1. The van der Waals surface area contributed by atoms with Crippen LogP contribution >= 0.6 is 11.8 Å². The zero-order valence-corrected chi connectivity index (χ0v) is 25.7. The third-order valence-corrected chi connectivity index (χ3v) is 7.14. The van der Waals surface area contributed by atoms with Crippen molar-refractivity contribution in [1.29, 1.82) is 0 Å². The highest BCUT2D eigenvalue weighted by atomic mass is 32.2. The lowest BCUT2D eigenvalue weighted by Crippen LogP contribution is -2.56. The van der Waals surface area contributed by atoms with Crippen molar-refractivity contribution in [3.63, 3.8) is 0 Å². The number of aliphatic hydroxyl groups is 1. The van der Waals surface area contributed by atoms with Crippen LogP contribution in [0.3, 0.4) is 0 Å². The second-order valence-corrected chi connectivity index (χ2v) is 11.1. The van der Waals surface area contributed by atoms with Crippen molar-refractivity contribution in [2.45, 2.75) is 50.4 Å². The molecule has 0 fully saturated rings. The molecule has 0 aliphatic carbocycles. The number of phenolic OH excluding ortho intramolecular Hbond substituents is 1. The summed E-state index contributed by atoms with van der Waals surface area (Å²) < 4.78 is 0. The fourth-order valence-corrected chi connectivity index (χ4v) is 4.54. The van der Waals surface area contributed by atoms with Gasteiger partial charge in [-0.05, 0) is 55.0 Å². The van der Waals surface area contributed by atoms with Gasteiger partial charge in [0.25, 0.3) is 0 Å². The molecule has 14 heteroatoms. The van der Waals surface area contributed by atoms with E-state index in [1.54, 1.807) is 12.1 Å². The van der Waals surface area contributed by atoms with Crippen LogP contribution < -0.4 is 32.3 Å². The highest BCUT2D eigenvalue weighted by Gasteiger charge is 2.27. The summed E-state index contributed by atoms with van der Waals surface area (Å²) in [5.41, 5.74) is 7.50. The van der Waals surface area contributed by atoms with E-state index in [0.29, 0.717) is 5.75 Å². The van der Waals surface area contributed by atoms with Gasteiger partial charge in [-0.1, -0.05) is 42.5 Å². The number of aliphatic hydroxyl groups excluding tert-OH is 1. The molecule has 9 N–H and O–H groups in total. The molecule has 0 aliphatic rings. The number of benzene rings is 2. The summed E-state index contributed by atoms with van der Waals surface area (Å²) in [5.74, 6) is -2.24. The maximum atomic E-state index is 13.2. The van der Waals surface area contributed by atoms with Gasteiger partial charge in [0.1, 0.15) is 23.9 Å². The van der Waals surface area contributed by atoms with Crippen LogP contribution in [0.15, 0.2) is 54.6 Å². The Morgan fingerprint density at radius 2 is 1.45 bits per heavy atom. The third-order valence-electron chi connectivity index (χ3n) is 6.49. The Hall–Kier alpha value is -4.14. The molecule has 0 aromatic heterocycles. The first-order chi connectivity index (χ1) is 21.0. The van der Waals surface area contributed by atoms with Crippen molar-refractivity contribution in [3.8, 4) is 5.75 Å². The number of aromatic hydroxyl groups is 1. The molecule has 0 radical (unpaired) electrons. The molecule has 2 aromatic rings. The predicted molar refractivity (Wildman–Crippen MR) is 168 cm³/mol. The Bertz CT molecular complexity index is 1230. The van der Waals surface area contributed by atoms with Crippen molar-refractivity contribution in [2.75, 3.05) is 31.7 Å². The molecule has 44 heavy (non-hydrogen) atoms. The third kappa shape index (κ3) is 13.0. The lowest BCUT2D eigenvalue weighted by atomic mass is 10.0. The molecule has 5 amide bonds. The number of hydrogen-bond donors (Lipinski definition) is 8. The number of rotatable bonds is 18. The number of thioether (sulfide) groups is 1. The fourth-order valence-electron chi connectivity index (χ4n) is 4.07. The molecule has 0 bridgehead atoms. The molecule has 0 unspecified atom stereocenters. The van der Waals surface area contributed by atoms with Gasteiger partial charge in [0.15, 0.2) is 0 Å². The van der Waals surface area contributed by atoms with E-state index in [4.69, 9.17) is 10.8 Å². The molecule has 240 valence electrons. The Kier molecular flexibility index (Phi) is 15.7. The average molecular weight is 631 g/mol. The first-order valence-corrected chi connectivity index (χ1v) is 15.6. The number of carbonyl (C=O) groups is 5. The van der Waals surface area contributed by atoms with Crippen LogP contribution in [0.5, 0.6) is 5.75 Å². The van der Waals surface area contributed by atoms with Crippen LogP contribution in [0.2, 0.25) is 0 Å². The summed E-state index contributed by atoms with van der Waals surface area (Å²) in [6.45, 7) is 0.758. The first-order valence-electron chi connectivity index (χ1n) is 14.2. The fraction of sp³-hybridized carbons (Fsp3) is 0.433. The lowest BCUT2D eigenvalue weighted by Gasteiger charge is -2.23. The van der Waals surface area contributed by atoms with Gasteiger partial charge in [-0.15, -0.1) is 0 Å². The van der Waals surface area contributed by atoms with E-state index in [9.17, 15) is 29.1 Å². The topological polar surface area (TPSA) is 212 Å². The van der Waals surface area contributed by atoms with Gasteiger partial charge in [0.2, 0.25) is 29.5 Å². The number of nitrogens with one attached hydrogen (secondary N) is 5. The van der Waals surface area contributed by atoms with E-state index in [0.717, 1.165) is 11.1 Å². The molecule has 2 aromatic carbocycles. The maximum Gasteiger partial charge on any atom is 0.243 e. The molecule has 0 saturated heterocycles. The highest BCUT2D eigenvalue weighted by Crippen LogP contribution is 2.11. The summed E-state index contributed by atoms with van der Waals surface area (Å²) in [4.78, 5) is 63.7. The van der Waals surface area contributed by atoms with E-state index in [1.165, 1.54) is 30.8 Å². The van der Waals surface area contributed by atoms with Crippen LogP contribution in [-0.4, -0.2) is 95.6 Å². The van der Waals surface area contributed by atoms with Crippen molar-refractivity contribution < 1.29 is 34.2 Å². The van der Waals surface area contributed by atoms with Gasteiger partial charge < -0.3 is 42.5 Å². The first kappa shape index (κ1) is 36.1. The number of phenols is 1. The molecule has 0 spiro atoms. The lowest BCUT2D eigenvalue weighted by molar-refractivity contribution is -0.133. The quantitative estimate of drug-likeness (QED) is 0.101. The van der Waals surface area contributed by atoms with Crippen molar-refractivity contribution in [3.05, 3.63) is 65.7 Å². The minimum absolute atomic E-state index is 0.0234.